The fourth-order valence-corrected chi connectivity index (χ4v) is 2.80. The summed E-state index contributed by atoms with van der Waals surface area (Å²) in [4.78, 5) is 25.0. The van der Waals surface area contributed by atoms with Gasteiger partial charge >= 0.3 is 11.9 Å². The fraction of sp³-hybridized carbons (Fsp3) is 0.800. The van der Waals surface area contributed by atoms with Crippen molar-refractivity contribution in [3.63, 3.8) is 0 Å². The summed E-state index contributed by atoms with van der Waals surface area (Å²) >= 11 is 8.95. The highest BCUT2D eigenvalue weighted by Gasteiger charge is 2.48. The fourth-order valence-electron chi connectivity index (χ4n) is 1.85. The van der Waals surface area contributed by atoms with Gasteiger partial charge in [0.15, 0.2) is 0 Å². The molecule has 8 nitrogen and oxygen atoms in total. The van der Waals surface area contributed by atoms with E-state index in [2.05, 4.69) is 26.0 Å². The number of alkyl halides is 2. The van der Waals surface area contributed by atoms with Gasteiger partial charge in [-0.25, -0.2) is 0 Å². The summed E-state index contributed by atoms with van der Waals surface area (Å²) in [6.45, 7) is 2.42. The SMILES string of the molecule is CC(=O)O[C@@H]1[C@@H](N=[N+]=[N-])[C@H](OC(C)=O)[C@@H](CCl)O[C@@H]1Br. The molecule has 1 fully saturated rings. The van der Waals surface area contributed by atoms with Crippen molar-refractivity contribution >= 4 is 39.5 Å². The van der Waals surface area contributed by atoms with Gasteiger partial charge in [-0.15, -0.1) is 11.6 Å². The van der Waals surface area contributed by atoms with Crippen molar-refractivity contribution < 1.29 is 23.8 Å². The molecule has 0 bridgehead atoms. The molecule has 0 N–H and O–H groups in total. The summed E-state index contributed by atoms with van der Waals surface area (Å²) in [6, 6.07) is -0.935. The van der Waals surface area contributed by atoms with E-state index in [-0.39, 0.29) is 5.88 Å². The van der Waals surface area contributed by atoms with E-state index in [1.165, 1.54) is 13.8 Å². The molecule has 0 aliphatic carbocycles. The molecule has 0 saturated carbocycles. The predicted molar refractivity (Wildman–Crippen MR) is 72.4 cm³/mol. The zero-order valence-electron chi connectivity index (χ0n) is 10.7. The van der Waals surface area contributed by atoms with E-state index in [0.29, 0.717) is 0 Å². The predicted octanol–water partition coefficient (Wildman–Crippen LogP) is 1.89. The van der Waals surface area contributed by atoms with Crippen LogP contribution in [0, 0.1) is 0 Å². The maximum atomic E-state index is 11.2. The lowest BCUT2D eigenvalue weighted by atomic mass is 9.98. The zero-order valence-corrected chi connectivity index (χ0v) is 13.1. The van der Waals surface area contributed by atoms with E-state index in [9.17, 15) is 9.59 Å². The van der Waals surface area contributed by atoms with Crippen LogP contribution in [0.2, 0.25) is 0 Å². The van der Waals surface area contributed by atoms with Crippen molar-refractivity contribution in [2.24, 2.45) is 5.11 Å². The number of halogens is 2. The number of hydrogen-bond acceptors (Lipinski definition) is 6. The van der Waals surface area contributed by atoms with Crippen LogP contribution < -0.4 is 0 Å². The minimum Gasteiger partial charge on any atom is -0.459 e. The summed E-state index contributed by atoms with van der Waals surface area (Å²) in [5.41, 5.74) is 8.66. The number of esters is 2. The van der Waals surface area contributed by atoms with E-state index >= 15 is 0 Å². The molecule has 1 aliphatic heterocycles. The standard InChI is InChI=1S/C10H13BrClN3O5/c1-4(16)18-8-6(3-12)20-10(11)9(19-5(2)17)7(8)14-15-13/h6-10H,3H2,1-2H3/t6-,7+,8-,9-,10+/m1/s1. The number of rotatable bonds is 4. The molecule has 1 heterocycles. The van der Waals surface area contributed by atoms with Crippen LogP contribution in [-0.4, -0.2) is 47.2 Å². The first-order chi connectivity index (χ1) is 9.40. The molecule has 0 spiro atoms. The molecule has 1 saturated heterocycles. The molecule has 1 aliphatic rings. The number of carbonyl (C=O) groups is 2. The first-order valence-electron chi connectivity index (χ1n) is 5.64. The Labute approximate surface area is 128 Å². The molecule has 0 radical (unpaired) electrons. The first-order valence-corrected chi connectivity index (χ1v) is 7.09. The van der Waals surface area contributed by atoms with Crippen LogP contribution in [0.5, 0.6) is 0 Å². The second kappa shape index (κ2) is 7.68. The zero-order chi connectivity index (χ0) is 15.3. The lowest BCUT2D eigenvalue weighted by molar-refractivity contribution is -0.188. The third kappa shape index (κ3) is 4.24. The topological polar surface area (TPSA) is 111 Å². The molecule has 112 valence electrons. The Balaban J connectivity index is 3.08. The van der Waals surface area contributed by atoms with Gasteiger partial charge in [-0.1, -0.05) is 21.0 Å². The molecule has 0 unspecified atom stereocenters. The Bertz CT molecular complexity index is 431. The maximum Gasteiger partial charge on any atom is 0.303 e. The van der Waals surface area contributed by atoms with E-state index in [4.69, 9.17) is 31.3 Å². The highest BCUT2D eigenvalue weighted by molar-refractivity contribution is 9.09. The number of hydrogen-bond donors (Lipinski definition) is 0. The molecular formula is C10H13BrClN3O5. The average molecular weight is 371 g/mol. The molecule has 10 heteroatoms. The van der Waals surface area contributed by atoms with Gasteiger partial charge in [0.05, 0.1) is 5.88 Å². The molecule has 0 aromatic heterocycles. The van der Waals surface area contributed by atoms with E-state index in [0.717, 1.165) is 0 Å². The number of nitrogens with zero attached hydrogens (tertiary/aromatic N) is 3. The van der Waals surface area contributed by atoms with Crippen molar-refractivity contribution in [2.75, 3.05) is 5.88 Å². The molecule has 1 rings (SSSR count). The lowest BCUT2D eigenvalue weighted by Gasteiger charge is -2.41. The van der Waals surface area contributed by atoms with Crippen LogP contribution >= 0.6 is 27.5 Å². The average Bonchev–Trinajstić information content (AvgIpc) is 2.35. The summed E-state index contributed by atoms with van der Waals surface area (Å²) in [5, 5.41) is 2.83. The van der Waals surface area contributed by atoms with Gasteiger partial charge in [0.2, 0.25) is 0 Å². The smallest absolute Gasteiger partial charge is 0.303 e. The molecule has 0 aromatic carbocycles. The second-order valence-electron chi connectivity index (χ2n) is 4.02. The van der Waals surface area contributed by atoms with Gasteiger partial charge in [0.1, 0.15) is 29.4 Å². The number of carbonyl (C=O) groups excluding carboxylic acids is 2. The minimum atomic E-state index is -0.935. The van der Waals surface area contributed by atoms with Crippen molar-refractivity contribution in [3.05, 3.63) is 10.4 Å². The van der Waals surface area contributed by atoms with E-state index < -0.39 is 41.3 Å². The summed E-state index contributed by atoms with van der Waals surface area (Å²) < 4.78 is 15.6. The largest absolute Gasteiger partial charge is 0.459 e. The Morgan fingerprint density at radius 3 is 2.35 bits per heavy atom. The number of azide groups is 1. The number of ether oxygens (including phenoxy) is 3. The second-order valence-corrected chi connectivity index (χ2v) is 5.23. The van der Waals surface area contributed by atoms with Crippen LogP contribution in [0.15, 0.2) is 5.11 Å². The Morgan fingerprint density at radius 2 is 1.90 bits per heavy atom. The normalized spacial score (nSPS) is 32.9. The Morgan fingerprint density at radius 1 is 1.35 bits per heavy atom. The van der Waals surface area contributed by atoms with Gasteiger partial charge in [-0.2, -0.15) is 0 Å². The van der Waals surface area contributed by atoms with Gasteiger partial charge in [0.25, 0.3) is 0 Å². The molecule has 0 aromatic rings. The molecular weight excluding hydrogens is 357 g/mol. The minimum absolute atomic E-state index is 0.0181. The third-order valence-electron chi connectivity index (χ3n) is 2.54. The quantitative estimate of drug-likeness (QED) is 0.247. The van der Waals surface area contributed by atoms with Crippen LogP contribution in [0.25, 0.3) is 10.4 Å². The van der Waals surface area contributed by atoms with E-state index in [1.807, 2.05) is 0 Å². The van der Waals surface area contributed by atoms with Crippen LogP contribution in [0.1, 0.15) is 13.8 Å². The van der Waals surface area contributed by atoms with Crippen LogP contribution in [0.3, 0.4) is 0 Å². The summed E-state index contributed by atoms with van der Waals surface area (Å²) in [6.07, 6.45) is -2.54. The van der Waals surface area contributed by atoms with Gasteiger partial charge in [-0.3, -0.25) is 9.59 Å². The Kier molecular flexibility index (Phi) is 6.54. The van der Waals surface area contributed by atoms with Crippen molar-refractivity contribution in [1.82, 2.24) is 0 Å². The van der Waals surface area contributed by atoms with Crippen LogP contribution in [-0.2, 0) is 23.8 Å². The first kappa shape index (κ1) is 17.0. The van der Waals surface area contributed by atoms with Gasteiger partial charge < -0.3 is 14.2 Å². The summed E-state index contributed by atoms with van der Waals surface area (Å²) in [5.74, 6) is -1.14. The lowest BCUT2D eigenvalue weighted by Crippen LogP contribution is -2.58. The van der Waals surface area contributed by atoms with E-state index in [1.54, 1.807) is 0 Å². The third-order valence-corrected chi connectivity index (χ3v) is 3.58. The monoisotopic (exact) mass is 369 g/mol. The molecule has 0 amide bonds. The summed E-state index contributed by atoms with van der Waals surface area (Å²) in [7, 11) is 0. The van der Waals surface area contributed by atoms with Crippen LogP contribution in [0.4, 0.5) is 0 Å². The Hall–Kier alpha value is -1.02. The highest BCUT2D eigenvalue weighted by atomic mass is 79.9. The maximum absolute atomic E-state index is 11.2. The molecule has 20 heavy (non-hydrogen) atoms. The van der Waals surface area contributed by atoms with Crippen molar-refractivity contribution in [1.29, 1.82) is 0 Å². The van der Waals surface area contributed by atoms with Gasteiger partial charge in [-0.05, 0) is 5.53 Å². The van der Waals surface area contributed by atoms with Crippen molar-refractivity contribution in [2.45, 2.75) is 43.2 Å². The molecule has 5 atom stereocenters. The highest BCUT2D eigenvalue weighted by Crippen LogP contribution is 2.31. The van der Waals surface area contributed by atoms with Crippen molar-refractivity contribution in [3.8, 4) is 0 Å². The van der Waals surface area contributed by atoms with Gasteiger partial charge in [0, 0.05) is 18.8 Å².